The van der Waals surface area contributed by atoms with Gasteiger partial charge in [-0.1, -0.05) is 130 Å². The van der Waals surface area contributed by atoms with E-state index in [-0.39, 0.29) is 19.8 Å². The van der Waals surface area contributed by atoms with Crippen molar-refractivity contribution in [2.45, 2.75) is 108 Å². The number of aryl methyl sites for hydroxylation is 1. The summed E-state index contributed by atoms with van der Waals surface area (Å²) in [5.41, 5.74) is 2.51. The van der Waals surface area contributed by atoms with Crippen molar-refractivity contribution < 1.29 is 57.5 Å². The molecule has 15 heteroatoms. The Hall–Kier alpha value is -5.62. The average molecular weight is 911 g/mol. The third-order valence-electron chi connectivity index (χ3n) is 10.8. The first-order valence-electron chi connectivity index (χ1n) is 21.6. The number of benzene rings is 4. The maximum absolute atomic E-state index is 15.1. The molecule has 1 aliphatic heterocycles. The molecule has 4 aromatic carbocycles. The van der Waals surface area contributed by atoms with Gasteiger partial charge < -0.3 is 43.2 Å². The van der Waals surface area contributed by atoms with Crippen LogP contribution in [0.5, 0.6) is 11.5 Å². The molecule has 1 saturated heterocycles. The van der Waals surface area contributed by atoms with Crippen molar-refractivity contribution in [2.24, 2.45) is 0 Å². The SMILES string of the molecule is C[C@H]([C@H](CCc1ccccc1)c1ccc(Oc2ccccc2)cc1)N(CC(=O)OCc1ccccc1)C(=O)[C@H]1OC(C(=O)OCC[Si](C)(C)C)(C(=O)OCC[Si](C)(C)C)O[C@@H]1C(=O)[O-]. The van der Waals surface area contributed by atoms with Crippen LogP contribution in [0.2, 0.25) is 51.4 Å². The Kier molecular flexibility index (Phi) is 17.2. The number of amides is 1. The molecule has 64 heavy (non-hydrogen) atoms. The second-order valence-electron chi connectivity index (χ2n) is 18.4. The van der Waals surface area contributed by atoms with E-state index < -0.39 is 82.4 Å². The van der Waals surface area contributed by atoms with Crippen LogP contribution in [-0.2, 0) is 60.7 Å². The van der Waals surface area contributed by atoms with Crippen LogP contribution in [0.15, 0.2) is 115 Å². The van der Waals surface area contributed by atoms with Crippen molar-refractivity contribution in [3.05, 3.63) is 132 Å². The molecule has 1 heterocycles. The molecule has 4 atom stereocenters. The molecule has 0 spiro atoms. The fourth-order valence-electron chi connectivity index (χ4n) is 7.01. The van der Waals surface area contributed by atoms with E-state index in [1.807, 2.05) is 78.9 Å². The van der Waals surface area contributed by atoms with Crippen LogP contribution in [-0.4, -0.2) is 94.6 Å². The number of esters is 3. The number of rotatable bonds is 22. The van der Waals surface area contributed by atoms with Crippen molar-refractivity contribution >= 4 is 45.9 Å². The monoisotopic (exact) mass is 910 g/mol. The molecule has 0 aliphatic carbocycles. The zero-order valence-electron chi connectivity index (χ0n) is 37.8. The summed E-state index contributed by atoms with van der Waals surface area (Å²) in [6.07, 6.45) is -3.40. The summed E-state index contributed by atoms with van der Waals surface area (Å²) in [7, 11) is -3.53. The summed E-state index contributed by atoms with van der Waals surface area (Å²) in [4.78, 5) is 70.9. The van der Waals surface area contributed by atoms with E-state index in [0.717, 1.165) is 16.0 Å². The highest BCUT2D eigenvalue weighted by atomic mass is 28.3. The number of para-hydroxylation sites is 1. The molecule has 0 N–H and O–H groups in total. The van der Waals surface area contributed by atoms with Gasteiger partial charge in [0.2, 0.25) is 0 Å². The number of carboxylic acids is 1. The predicted octanol–water partition coefficient (Wildman–Crippen LogP) is 7.15. The lowest BCUT2D eigenvalue weighted by molar-refractivity contribution is -0.317. The summed E-state index contributed by atoms with van der Waals surface area (Å²) < 4.78 is 34.4. The molecule has 4 aromatic rings. The van der Waals surface area contributed by atoms with Gasteiger partial charge >= 0.3 is 23.7 Å². The third kappa shape index (κ3) is 14.2. The average Bonchev–Trinajstić information content (AvgIpc) is 3.68. The molecule has 0 unspecified atom stereocenters. The van der Waals surface area contributed by atoms with Crippen molar-refractivity contribution in [3.63, 3.8) is 0 Å². The largest absolute Gasteiger partial charge is 0.547 e. The van der Waals surface area contributed by atoms with Crippen LogP contribution in [0.3, 0.4) is 0 Å². The van der Waals surface area contributed by atoms with Gasteiger partial charge in [-0.3, -0.25) is 9.59 Å². The van der Waals surface area contributed by atoms with Gasteiger partial charge in [0.05, 0.1) is 19.2 Å². The lowest BCUT2D eigenvalue weighted by Gasteiger charge is -2.36. The summed E-state index contributed by atoms with van der Waals surface area (Å²) in [6, 6.07) is 35.5. The normalized spacial score (nSPS) is 16.8. The quantitative estimate of drug-likeness (QED) is 0.0339. The highest BCUT2D eigenvalue weighted by Crippen LogP contribution is 2.36. The fraction of sp³-hybridized carbons (Fsp3) is 0.408. The van der Waals surface area contributed by atoms with Crippen LogP contribution < -0.4 is 9.84 Å². The van der Waals surface area contributed by atoms with Gasteiger partial charge in [0.15, 0.2) is 6.10 Å². The Morgan fingerprint density at radius 3 is 1.66 bits per heavy atom. The van der Waals surface area contributed by atoms with Crippen molar-refractivity contribution in [1.82, 2.24) is 4.90 Å². The van der Waals surface area contributed by atoms with Gasteiger partial charge in [0, 0.05) is 28.1 Å². The second kappa shape index (κ2) is 22.3. The lowest BCUT2D eigenvalue weighted by atomic mass is 9.85. The van der Waals surface area contributed by atoms with E-state index >= 15 is 4.79 Å². The maximum Gasteiger partial charge on any atom is 0.379 e. The van der Waals surface area contributed by atoms with Crippen LogP contribution in [0.4, 0.5) is 0 Å². The number of carbonyl (C=O) groups excluding carboxylic acids is 5. The minimum Gasteiger partial charge on any atom is -0.547 e. The molecule has 0 bridgehead atoms. The minimum atomic E-state index is -3.08. The number of hydrogen-bond acceptors (Lipinski definition) is 12. The Morgan fingerprint density at radius 1 is 0.656 bits per heavy atom. The Labute approximate surface area is 378 Å². The fourth-order valence-corrected chi connectivity index (χ4v) is 8.44. The van der Waals surface area contributed by atoms with Crippen LogP contribution >= 0.6 is 0 Å². The third-order valence-corrected chi connectivity index (χ3v) is 14.2. The number of ether oxygens (including phenoxy) is 6. The molecule has 5 rings (SSSR count). The summed E-state index contributed by atoms with van der Waals surface area (Å²) >= 11 is 0. The molecule has 0 saturated carbocycles. The number of carboxylic acid groups (broad SMARTS) is 1. The minimum absolute atomic E-state index is 0.100. The molecular formula is C49H60NO12Si2-. The first-order chi connectivity index (χ1) is 30.3. The second-order valence-corrected chi connectivity index (χ2v) is 29.6. The van der Waals surface area contributed by atoms with E-state index in [1.165, 1.54) is 0 Å². The molecule has 0 aromatic heterocycles. The lowest BCUT2D eigenvalue weighted by Crippen LogP contribution is -2.54. The number of carbonyl (C=O) groups is 5. The molecule has 1 amide bonds. The van der Waals surface area contributed by atoms with Gasteiger partial charge in [0.1, 0.15) is 30.8 Å². The molecule has 1 fully saturated rings. The van der Waals surface area contributed by atoms with Gasteiger partial charge in [-0.2, -0.15) is 0 Å². The molecule has 342 valence electrons. The summed E-state index contributed by atoms with van der Waals surface area (Å²) in [5.74, 6) is -8.84. The summed E-state index contributed by atoms with van der Waals surface area (Å²) in [6.45, 7) is 13.1. The van der Waals surface area contributed by atoms with E-state index in [9.17, 15) is 24.3 Å². The Balaban J connectivity index is 1.53. The Bertz CT molecular complexity index is 2130. The number of nitrogens with zero attached hydrogens (tertiary/aromatic N) is 1. The van der Waals surface area contributed by atoms with E-state index in [1.54, 1.807) is 43.3 Å². The predicted molar refractivity (Wildman–Crippen MR) is 244 cm³/mol. The highest BCUT2D eigenvalue weighted by molar-refractivity contribution is 6.76. The van der Waals surface area contributed by atoms with Crippen molar-refractivity contribution in [1.29, 1.82) is 0 Å². The maximum atomic E-state index is 15.1. The highest BCUT2D eigenvalue weighted by Gasteiger charge is 2.64. The Morgan fingerprint density at radius 2 is 1.14 bits per heavy atom. The van der Waals surface area contributed by atoms with Crippen LogP contribution in [0.25, 0.3) is 0 Å². The summed E-state index contributed by atoms with van der Waals surface area (Å²) in [5, 5.41) is 12.9. The van der Waals surface area contributed by atoms with Crippen LogP contribution in [0.1, 0.15) is 36.0 Å². The zero-order chi connectivity index (χ0) is 46.5. The number of hydrogen-bond donors (Lipinski definition) is 0. The first kappa shape index (κ1) is 49.4. The smallest absolute Gasteiger partial charge is 0.379 e. The first-order valence-corrected chi connectivity index (χ1v) is 29.0. The van der Waals surface area contributed by atoms with E-state index in [0.29, 0.717) is 42.0 Å². The standard InChI is InChI=1S/C49H61NO12Si2/c1-35(41(28-23-36-17-11-8-12-18-36)38-24-26-40(27-25-38)60-39-21-15-10-16-22-39)50(33-42(51)59-34-37-19-13-9-14-20-37)45(52)43-44(46(53)54)62-49(61-43,47(55)57-29-31-63(2,3)4)48(56)58-30-32-64(5,6)7/h8-22,24-27,35,41,43-44H,23,28-34H2,1-7H3,(H,53,54)/p-1/t35-,41+,43+,44+/m1/s1. The molecule has 13 nitrogen and oxygen atoms in total. The van der Waals surface area contributed by atoms with Gasteiger partial charge in [-0.15, -0.1) is 0 Å². The zero-order valence-corrected chi connectivity index (χ0v) is 39.8. The molecule has 0 radical (unpaired) electrons. The van der Waals surface area contributed by atoms with Crippen molar-refractivity contribution in [3.8, 4) is 11.5 Å². The van der Waals surface area contributed by atoms with Gasteiger partial charge in [-0.05, 0) is 72.8 Å². The molecule has 1 aliphatic rings. The topological polar surface area (TPSA) is 167 Å². The van der Waals surface area contributed by atoms with Gasteiger partial charge in [-0.25, -0.2) is 9.59 Å². The van der Waals surface area contributed by atoms with Crippen LogP contribution in [0, 0.1) is 0 Å². The van der Waals surface area contributed by atoms with E-state index in [2.05, 4.69) is 39.3 Å². The van der Waals surface area contributed by atoms with E-state index in [4.69, 9.17) is 28.4 Å². The van der Waals surface area contributed by atoms with Gasteiger partial charge in [0.25, 0.3) is 5.91 Å². The molecular weight excluding hydrogens is 851 g/mol. The van der Waals surface area contributed by atoms with Crippen molar-refractivity contribution in [2.75, 3.05) is 19.8 Å². The number of aliphatic carboxylic acids is 1.